The van der Waals surface area contributed by atoms with Crippen LogP contribution in [-0.4, -0.2) is 36.0 Å². The van der Waals surface area contributed by atoms with Crippen LogP contribution in [0.25, 0.3) is 0 Å². The van der Waals surface area contributed by atoms with Gasteiger partial charge < -0.3 is 9.64 Å². The number of nitrogens with zero attached hydrogens (tertiary/aromatic N) is 2. The van der Waals surface area contributed by atoms with Gasteiger partial charge >= 0.3 is 5.97 Å². The van der Waals surface area contributed by atoms with Crippen molar-refractivity contribution in [2.75, 3.05) is 13.1 Å². The van der Waals surface area contributed by atoms with Crippen LogP contribution in [0.15, 0.2) is 0 Å². The van der Waals surface area contributed by atoms with E-state index in [0.29, 0.717) is 13.0 Å². The van der Waals surface area contributed by atoms with E-state index in [1.54, 1.807) is 4.90 Å². The standard InChI is InChI=1S/C14H20N2O3/c15-10-11-4-1-2-5-12(11)19-14(18)7-9-16-8-3-6-13(16)17/h11-12H,1-9H2/t11-,12+/m1/s1. The van der Waals surface area contributed by atoms with E-state index in [4.69, 9.17) is 10.00 Å². The molecule has 0 spiro atoms. The van der Waals surface area contributed by atoms with Crippen LogP contribution < -0.4 is 0 Å². The van der Waals surface area contributed by atoms with Crippen LogP contribution in [0.5, 0.6) is 0 Å². The lowest BCUT2D eigenvalue weighted by Gasteiger charge is -2.26. The van der Waals surface area contributed by atoms with Crippen LogP contribution >= 0.6 is 0 Å². The monoisotopic (exact) mass is 264 g/mol. The molecule has 0 radical (unpaired) electrons. The van der Waals surface area contributed by atoms with Crippen LogP contribution in [0.4, 0.5) is 0 Å². The van der Waals surface area contributed by atoms with E-state index in [0.717, 1.165) is 38.6 Å². The summed E-state index contributed by atoms with van der Waals surface area (Å²) in [5.74, 6) is -0.321. The molecule has 0 unspecified atom stereocenters. The van der Waals surface area contributed by atoms with Gasteiger partial charge in [0.1, 0.15) is 6.10 Å². The van der Waals surface area contributed by atoms with E-state index in [2.05, 4.69) is 6.07 Å². The van der Waals surface area contributed by atoms with E-state index < -0.39 is 0 Å². The summed E-state index contributed by atoms with van der Waals surface area (Å²) in [6.45, 7) is 1.19. The van der Waals surface area contributed by atoms with Gasteiger partial charge in [-0.25, -0.2) is 0 Å². The molecule has 0 aromatic carbocycles. The maximum atomic E-state index is 11.8. The predicted molar refractivity (Wildman–Crippen MR) is 67.9 cm³/mol. The lowest BCUT2D eigenvalue weighted by Crippen LogP contribution is -2.32. The van der Waals surface area contributed by atoms with Gasteiger partial charge in [0.25, 0.3) is 0 Å². The predicted octanol–water partition coefficient (Wildman–Crippen LogP) is 1.62. The maximum Gasteiger partial charge on any atom is 0.307 e. The van der Waals surface area contributed by atoms with Gasteiger partial charge in [0, 0.05) is 19.5 Å². The largest absolute Gasteiger partial charge is 0.461 e. The molecule has 5 nitrogen and oxygen atoms in total. The summed E-state index contributed by atoms with van der Waals surface area (Å²) in [6, 6.07) is 2.22. The first kappa shape index (κ1) is 13.9. The van der Waals surface area contributed by atoms with Gasteiger partial charge in [-0.2, -0.15) is 5.26 Å². The first-order valence-corrected chi connectivity index (χ1v) is 7.07. The molecule has 19 heavy (non-hydrogen) atoms. The van der Waals surface area contributed by atoms with Crippen molar-refractivity contribution >= 4 is 11.9 Å². The number of carbonyl (C=O) groups is 2. The van der Waals surface area contributed by atoms with Gasteiger partial charge in [0.15, 0.2) is 0 Å². The second-order valence-electron chi connectivity index (χ2n) is 5.28. The second kappa shape index (κ2) is 6.55. The Labute approximate surface area is 113 Å². The van der Waals surface area contributed by atoms with Crippen molar-refractivity contribution in [3.8, 4) is 6.07 Å². The zero-order valence-electron chi connectivity index (χ0n) is 11.1. The Bertz CT molecular complexity index is 389. The smallest absolute Gasteiger partial charge is 0.307 e. The van der Waals surface area contributed by atoms with Crippen LogP contribution in [0, 0.1) is 17.2 Å². The van der Waals surface area contributed by atoms with Gasteiger partial charge in [-0.1, -0.05) is 6.42 Å². The average Bonchev–Trinajstić information content (AvgIpc) is 2.82. The summed E-state index contributed by atoms with van der Waals surface area (Å²) in [4.78, 5) is 24.9. The number of nitriles is 1. The van der Waals surface area contributed by atoms with Crippen molar-refractivity contribution in [2.45, 2.75) is 51.0 Å². The Hall–Kier alpha value is -1.57. The lowest BCUT2D eigenvalue weighted by molar-refractivity contribution is -0.152. The van der Waals surface area contributed by atoms with Crippen LogP contribution in [0.3, 0.4) is 0 Å². The average molecular weight is 264 g/mol. The second-order valence-corrected chi connectivity index (χ2v) is 5.28. The third-order valence-electron chi connectivity index (χ3n) is 3.91. The molecule has 1 aliphatic carbocycles. The van der Waals surface area contributed by atoms with Crippen molar-refractivity contribution in [2.24, 2.45) is 5.92 Å². The molecule has 0 bridgehead atoms. The van der Waals surface area contributed by atoms with Gasteiger partial charge in [-0.3, -0.25) is 9.59 Å². The zero-order chi connectivity index (χ0) is 13.7. The Morgan fingerprint density at radius 1 is 1.37 bits per heavy atom. The third-order valence-corrected chi connectivity index (χ3v) is 3.91. The summed E-state index contributed by atoms with van der Waals surface area (Å²) < 4.78 is 5.39. The van der Waals surface area contributed by atoms with E-state index in [1.165, 1.54) is 0 Å². The minimum atomic E-state index is -0.285. The van der Waals surface area contributed by atoms with E-state index in [9.17, 15) is 9.59 Å². The summed E-state index contributed by atoms with van der Waals surface area (Å²) in [7, 11) is 0. The fourth-order valence-electron chi connectivity index (χ4n) is 2.78. The SMILES string of the molecule is N#C[C@H]1CCCC[C@@H]1OC(=O)CCN1CCCC1=O. The van der Waals surface area contributed by atoms with Crippen molar-refractivity contribution in [3.63, 3.8) is 0 Å². The molecule has 0 aromatic rings. The molecule has 2 atom stereocenters. The van der Waals surface area contributed by atoms with Crippen molar-refractivity contribution in [3.05, 3.63) is 0 Å². The molecule has 2 fully saturated rings. The molecule has 0 aromatic heterocycles. The van der Waals surface area contributed by atoms with E-state index in [-0.39, 0.29) is 30.3 Å². The molecule has 1 heterocycles. The Kier molecular flexibility index (Phi) is 4.78. The number of hydrogen-bond acceptors (Lipinski definition) is 4. The highest BCUT2D eigenvalue weighted by atomic mass is 16.5. The number of ether oxygens (including phenoxy) is 1. The summed E-state index contributed by atoms with van der Waals surface area (Å²) in [5.41, 5.74) is 0. The highest BCUT2D eigenvalue weighted by Gasteiger charge is 2.28. The molecule has 104 valence electrons. The Morgan fingerprint density at radius 3 is 2.84 bits per heavy atom. The summed E-state index contributed by atoms with van der Waals surface area (Å²) in [6.07, 6.45) is 5.11. The van der Waals surface area contributed by atoms with Gasteiger partial charge in [-0.15, -0.1) is 0 Å². The van der Waals surface area contributed by atoms with Crippen molar-refractivity contribution in [1.82, 2.24) is 4.90 Å². The molecule has 1 saturated carbocycles. The first-order valence-electron chi connectivity index (χ1n) is 7.07. The minimum Gasteiger partial charge on any atom is -0.461 e. The number of esters is 1. The molecule has 1 saturated heterocycles. The van der Waals surface area contributed by atoms with E-state index in [1.807, 2.05) is 0 Å². The number of hydrogen-bond donors (Lipinski definition) is 0. The topological polar surface area (TPSA) is 70.4 Å². The highest BCUT2D eigenvalue weighted by molar-refractivity contribution is 5.79. The molecular formula is C14H20N2O3. The van der Waals surface area contributed by atoms with Gasteiger partial charge in [0.2, 0.25) is 5.91 Å². The number of amides is 1. The molecule has 1 amide bonds. The summed E-state index contributed by atoms with van der Waals surface area (Å²) in [5, 5.41) is 9.02. The molecule has 2 aliphatic rings. The number of rotatable bonds is 4. The Morgan fingerprint density at radius 2 is 2.16 bits per heavy atom. The number of carbonyl (C=O) groups excluding carboxylic acids is 2. The molecule has 2 rings (SSSR count). The minimum absolute atomic E-state index is 0.125. The Balaban J connectivity index is 1.74. The lowest BCUT2D eigenvalue weighted by atomic mass is 9.87. The van der Waals surface area contributed by atoms with Crippen molar-refractivity contribution in [1.29, 1.82) is 5.26 Å². The van der Waals surface area contributed by atoms with Gasteiger partial charge in [-0.05, 0) is 25.7 Å². The van der Waals surface area contributed by atoms with Crippen LogP contribution in [0.1, 0.15) is 44.9 Å². The van der Waals surface area contributed by atoms with Crippen molar-refractivity contribution < 1.29 is 14.3 Å². The molecule has 5 heteroatoms. The molecular weight excluding hydrogens is 244 g/mol. The fraction of sp³-hybridized carbons (Fsp3) is 0.786. The maximum absolute atomic E-state index is 11.8. The first-order chi connectivity index (χ1) is 9.20. The van der Waals surface area contributed by atoms with E-state index >= 15 is 0 Å². The normalized spacial score (nSPS) is 27.1. The zero-order valence-corrected chi connectivity index (χ0v) is 11.1. The third kappa shape index (κ3) is 3.69. The van der Waals surface area contributed by atoms with Crippen LogP contribution in [-0.2, 0) is 14.3 Å². The highest BCUT2D eigenvalue weighted by Crippen LogP contribution is 2.26. The van der Waals surface area contributed by atoms with Gasteiger partial charge in [0.05, 0.1) is 18.4 Å². The molecule has 0 N–H and O–H groups in total. The quantitative estimate of drug-likeness (QED) is 0.723. The molecule has 1 aliphatic heterocycles. The fourth-order valence-corrected chi connectivity index (χ4v) is 2.78. The summed E-state index contributed by atoms with van der Waals surface area (Å²) >= 11 is 0. The number of likely N-dealkylation sites (tertiary alicyclic amines) is 1. The van der Waals surface area contributed by atoms with Crippen LogP contribution in [0.2, 0.25) is 0 Å².